The van der Waals surface area contributed by atoms with E-state index in [2.05, 4.69) is 78.5 Å². The van der Waals surface area contributed by atoms with Gasteiger partial charge < -0.3 is 37.2 Å². The van der Waals surface area contributed by atoms with E-state index in [0.29, 0.717) is 0 Å². The van der Waals surface area contributed by atoms with E-state index in [1.165, 1.54) is 20.6 Å². The second kappa shape index (κ2) is 8.66. The van der Waals surface area contributed by atoms with Crippen LogP contribution in [0.4, 0.5) is 0 Å². The molecule has 108 valence electrons. The summed E-state index contributed by atoms with van der Waals surface area (Å²) in [6.45, 7) is 9.16. The maximum absolute atomic E-state index is 2.36. The molecule has 1 aromatic rings. The van der Waals surface area contributed by atoms with Crippen LogP contribution < -0.4 is 37.2 Å². The van der Waals surface area contributed by atoms with Gasteiger partial charge in [-0.2, -0.15) is 0 Å². The van der Waals surface area contributed by atoms with E-state index >= 15 is 0 Å². The first kappa shape index (κ1) is 22.6. The molecule has 0 unspecified atom stereocenters. The van der Waals surface area contributed by atoms with Crippen LogP contribution in [-0.4, -0.2) is 0 Å². The fraction of sp³-hybridized carbons (Fsp3) is 0.375. The number of rotatable bonds is 2. The average Bonchev–Trinajstić information content (AvgIpc) is 2.64. The molecule has 0 spiro atoms. The Morgan fingerprint density at radius 3 is 1.90 bits per heavy atom. The van der Waals surface area contributed by atoms with Crippen LogP contribution in [0.15, 0.2) is 39.8 Å². The zero-order valence-corrected chi connectivity index (χ0v) is 16.1. The third kappa shape index (κ3) is 4.15. The summed E-state index contributed by atoms with van der Waals surface area (Å²) in [7, 11) is 0. The maximum Gasteiger partial charge on any atom is -1.00 e. The molecule has 1 aliphatic carbocycles. The van der Waals surface area contributed by atoms with Crippen molar-refractivity contribution in [2.45, 2.75) is 39.5 Å². The minimum atomic E-state index is 0. The van der Waals surface area contributed by atoms with Crippen LogP contribution in [0, 0.1) is 13.8 Å². The summed E-state index contributed by atoms with van der Waals surface area (Å²) >= 11 is 2.23. The van der Waals surface area contributed by atoms with Gasteiger partial charge in [0.1, 0.15) is 0 Å². The molecule has 0 radical (unpaired) electrons. The maximum atomic E-state index is 2.36. The standard InChI is InChI=1S/C16H19.3ClH.Ti/c1-12-8-7-9-13(2)15(12)16(3,4)14-10-5-6-11-14;;;;/h5-9H,10H2,1-4H3;3*1H;/q;;;;+3/p-3. The van der Waals surface area contributed by atoms with E-state index in [9.17, 15) is 0 Å². The molecule has 0 nitrogen and oxygen atoms in total. The molecule has 0 heterocycles. The monoisotopic (exact) mass is 364 g/mol. The second-order valence-electron chi connectivity index (χ2n) is 5.39. The minimum Gasteiger partial charge on any atom is -1.00 e. The Balaban J connectivity index is 0. The SMILES string of the molecule is Cc1cccc(C)c1C(C)(C)C1=[C]([Ti+3])C=CC1.[Cl-].[Cl-].[Cl-]. The quantitative estimate of drug-likeness (QED) is 0.463. The summed E-state index contributed by atoms with van der Waals surface area (Å²) in [5.74, 6) is 0. The van der Waals surface area contributed by atoms with Crippen LogP contribution in [0.2, 0.25) is 0 Å². The summed E-state index contributed by atoms with van der Waals surface area (Å²) < 4.78 is 1.44. The zero-order chi connectivity index (χ0) is 12.6. The largest absolute Gasteiger partial charge is 1.00 e. The first-order valence-electron chi connectivity index (χ1n) is 6.13. The molecule has 0 aromatic heterocycles. The molecule has 1 aromatic carbocycles. The van der Waals surface area contributed by atoms with Crippen molar-refractivity contribution in [1.82, 2.24) is 0 Å². The van der Waals surface area contributed by atoms with Crippen molar-refractivity contribution < 1.29 is 57.7 Å². The van der Waals surface area contributed by atoms with Crippen molar-refractivity contribution in [3.8, 4) is 0 Å². The Morgan fingerprint density at radius 1 is 1.00 bits per heavy atom. The number of allylic oxidation sites excluding steroid dienone is 4. The molecule has 0 bridgehead atoms. The molecule has 0 saturated carbocycles. The Labute approximate surface area is 153 Å². The molecule has 0 fully saturated rings. The molecule has 0 atom stereocenters. The van der Waals surface area contributed by atoms with E-state index in [-0.39, 0.29) is 42.6 Å². The van der Waals surface area contributed by atoms with Gasteiger partial charge >= 0.3 is 116 Å². The number of aryl methyl sites for hydroxylation is 2. The van der Waals surface area contributed by atoms with Gasteiger partial charge in [-0.25, -0.2) is 0 Å². The number of benzene rings is 1. The Morgan fingerprint density at radius 2 is 1.50 bits per heavy atom. The van der Waals surface area contributed by atoms with Crippen LogP contribution in [0.3, 0.4) is 0 Å². The third-order valence-electron chi connectivity index (χ3n) is 3.79. The van der Waals surface area contributed by atoms with Crippen LogP contribution >= 0.6 is 0 Å². The van der Waals surface area contributed by atoms with Gasteiger partial charge in [0.25, 0.3) is 0 Å². The first-order valence-corrected chi connectivity index (χ1v) is 6.91. The van der Waals surface area contributed by atoms with Gasteiger partial charge in [-0.1, -0.05) is 0 Å². The summed E-state index contributed by atoms with van der Waals surface area (Å²) in [6.07, 6.45) is 5.64. The van der Waals surface area contributed by atoms with E-state index in [0.717, 1.165) is 6.42 Å². The smallest absolute Gasteiger partial charge is 1.00 e. The molecule has 0 saturated heterocycles. The molecule has 0 N–H and O–H groups in total. The van der Waals surface area contributed by atoms with E-state index in [1.54, 1.807) is 5.57 Å². The summed E-state index contributed by atoms with van der Waals surface area (Å²) in [5, 5.41) is 0. The Bertz CT molecular complexity index is 496. The fourth-order valence-corrected chi connectivity index (χ4v) is 3.88. The number of hydrogen-bond acceptors (Lipinski definition) is 0. The molecular formula is C16H19Cl3Ti. The molecular weight excluding hydrogens is 346 g/mol. The van der Waals surface area contributed by atoms with Crippen molar-refractivity contribution in [2.75, 3.05) is 0 Å². The number of hydrogen-bond donors (Lipinski definition) is 0. The summed E-state index contributed by atoms with van der Waals surface area (Å²) in [5.41, 5.74) is 6.01. The molecule has 20 heavy (non-hydrogen) atoms. The van der Waals surface area contributed by atoms with E-state index in [1.807, 2.05) is 0 Å². The summed E-state index contributed by atoms with van der Waals surface area (Å²) in [4.78, 5) is 0. The predicted octanol–water partition coefficient (Wildman–Crippen LogP) is -4.65. The van der Waals surface area contributed by atoms with Gasteiger partial charge in [0, 0.05) is 0 Å². The predicted molar refractivity (Wildman–Crippen MR) is 69.7 cm³/mol. The van der Waals surface area contributed by atoms with Gasteiger partial charge in [0.15, 0.2) is 0 Å². The van der Waals surface area contributed by atoms with Gasteiger partial charge in [-0.3, -0.25) is 0 Å². The molecule has 1 aliphatic rings. The molecule has 0 aliphatic heterocycles. The molecule has 0 amide bonds. The first-order chi connectivity index (χ1) is 7.94. The number of halogens is 3. The fourth-order valence-electron chi connectivity index (χ4n) is 3.05. The topological polar surface area (TPSA) is 0 Å². The van der Waals surface area contributed by atoms with Crippen molar-refractivity contribution in [3.05, 3.63) is 56.5 Å². The normalized spacial score (nSPS) is 13.5. The Kier molecular flexibility index (Phi) is 9.77. The van der Waals surface area contributed by atoms with Gasteiger partial charge in [-0.15, -0.1) is 0 Å². The van der Waals surface area contributed by atoms with Crippen LogP contribution in [0.5, 0.6) is 0 Å². The zero-order valence-electron chi connectivity index (χ0n) is 12.2. The van der Waals surface area contributed by atoms with Crippen molar-refractivity contribution in [3.63, 3.8) is 0 Å². The van der Waals surface area contributed by atoms with Crippen LogP contribution in [-0.2, 0) is 25.9 Å². The van der Waals surface area contributed by atoms with Crippen LogP contribution in [0.25, 0.3) is 0 Å². The molecule has 2 rings (SSSR count). The molecule has 4 heteroatoms. The minimum absolute atomic E-state index is 0. The van der Waals surface area contributed by atoms with Gasteiger partial charge in [0.05, 0.1) is 0 Å². The van der Waals surface area contributed by atoms with Crippen LogP contribution in [0.1, 0.15) is 37.0 Å². The average molecular weight is 366 g/mol. The summed E-state index contributed by atoms with van der Waals surface area (Å²) in [6, 6.07) is 6.60. The van der Waals surface area contributed by atoms with Crippen molar-refractivity contribution in [1.29, 1.82) is 0 Å². The van der Waals surface area contributed by atoms with E-state index < -0.39 is 0 Å². The van der Waals surface area contributed by atoms with Gasteiger partial charge in [-0.05, 0) is 0 Å². The Hall–Kier alpha value is 0.284. The second-order valence-corrected chi connectivity index (χ2v) is 6.23. The van der Waals surface area contributed by atoms with Crippen molar-refractivity contribution in [2.24, 2.45) is 0 Å². The van der Waals surface area contributed by atoms with E-state index in [4.69, 9.17) is 0 Å². The van der Waals surface area contributed by atoms with Gasteiger partial charge in [0.2, 0.25) is 0 Å². The van der Waals surface area contributed by atoms with Crippen molar-refractivity contribution >= 4 is 0 Å². The third-order valence-corrected chi connectivity index (χ3v) is 4.52.